The largest absolute Gasteiger partial charge is 0.461 e. The van der Waals surface area contributed by atoms with Crippen LogP contribution in [0.2, 0.25) is 0 Å². The summed E-state index contributed by atoms with van der Waals surface area (Å²) in [5, 5.41) is 17.7. The van der Waals surface area contributed by atoms with Gasteiger partial charge in [0.15, 0.2) is 0 Å². The number of ether oxygens (including phenoxy) is 1. The van der Waals surface area contributed by atoms with Gasteiger partial charge in [0.25, 0.3) is 0 Å². The molecule has 0 radical (unpaired) electrons. The van der Waals surface area contributed by atoms with Crippen molar-refractivity contribution in [2.75, 3.05) is 6.54 Å². The Bertz CT molecular complexity index is 936. The van der Waals surface area contributed by atoms with Crippen molar-refractivity contribution in [2.45, 2.75) is 131 Å². The summed E-state index contributed by atoms with van der Waals surface area (Å²) in [6.45, 7) is 12.6. The second-order valence-corrected chi connectivity index (χ2v) is 14.0. The highest BCUT2D eigenvalue weighted by molar-refractivity contribution is 5.81. The third-order valence-corrected chi connectivity index (χ3v) is 8.37. The molecule has 2 amide bonds. The van der Waals surface area contributed by atoms with Crippen molar-refractivity contribution in [1.82, 2.24) is 10.6 Å². The molecule has 0 spiro atoms. The normalized spacial score (nSPS) is 17.2. The van der Waals surface area contributed by atoms with Crippen LogP contribution in [0.5, 0.6) is 0 Å². The van der Waals surface area contributed by atoms with Crippen LogP contribution in [0.15, 0.2) is 30.3 Å². The summed E-state index contributed by atoms with van der Waals surface area (Å²) in [5.41, 5.74) is 0.479. The summed E-state index contributed by atoms with van der Waals surface area (Å²) in [5.74, 6) is 0.280. The Hall–Kier alpha value is -2.41. The van der Waals surface area contributed by atoms with Crippen LogP contribution in [0, 0.1) is 29.1 Å². The lowest BCUT2D eigenvalue weighted by molar-refractivity contribution is -0.145. The van der Waals surface area contributed by atoms with Gasteiger partial charge in [-0.1, -0.05) is 97.1 Å². The number of hydrogen-bond donors (Lipinski definition) is 3. The molecule has 0 bridgehead atoms. The molecule has 7 nitrogen and oxygen atoms in total. The average molecular weight is 587 g/mol. The van der Waals surface area contributed by atoms with Crippen LogP contribution in [-0.2, 0) is 25.7 Å². The maximum atomic E-state index is 13.3. The molecule has 0 saturated heterocycles. The molecule has 3 N–H and O–H groups in total. The lowest BCUT2D eigenvalue weighted by Gasteiger charge is -2.33. The minimum absolute atomic E-state index is 0.0157. The molecular formula is C35H58N2O5. The Balaban J connectivity index is 1.93. The quantitative estimate of drug-likeness (QED) is 0.142. The summed E-state index contributed by atoms with van der Waals surface area (Å²) in [6.07, 6.45) is 8.98. The molecule has 2 rings (SSSR count). The number of carbonyl (C=O) groups is 3. The molecule has 1 aromatic carbocycles. The van der Waals surface area contributed by atoms with Crippen molar-refractivity contribution in [3.05, 3.63) is 35.9 Å². The first kappa shape index (κ1) is 35.8. The molecule has 0 aliphatic heterocycles. The number of aliphatic hydroxyl groups excluding tert-OH is 1. The van der Waals surface area contributed by atoms with Gasteiger partial charge in [0, 0.05) is 30.3 Å². The van der Waals surface area contributed by atoms with Gasteiger partial charge in [-0.25, -0.2) is 0 Å². The molecule has 1 aromatic rings. The van der Waals surface area contributed by atoms with E-state index in [4.69, 9.17) is 4.74 Å². The van der Waals surface area contributed by atoms with Crippen molar-refractivity contribution in [2.24, 2.45) is 29.1 Å². The zero-order chi connectivity index (χ0) is 31.1. The molecule has 4 atom stereocenters. The molecule has 42 heavy (non-hydrogen) atoms. The third-order valence-electron chi connectivity index (χ3n) is 8.37. The van der Waals surface area contributed by atoms with E-state index in [2.05, 4.69) is 24.5 Å². The molecule has 1 unspecified atom stereocenters. The predicted molar refractivity (Wildman–Crippen MR) is 168 cm³/mol. The van der Waals surface area contributed by atoms with Crippen molar-refractivity contribution >= 4 is 17.8 Å². The van der Waals surface area contributed by atoms with Crippen molar-refractivity contribution in [3.8, 4) is 0 Å². The van der Waals surface area contributed by atoms with Crippen LogP contribution in [0.1, 0.15) is 118 Å². The van der Waals surface area contributed by atoms with E-state index in [-0.39, 0.29) is 48.7 Å². The van der Waals surface area contributed by atoms with Gasteiger partial charge in [-0.05, 0) is 62.3 Å². The highest BCUT2D eigenvalue weighted by Crippen LogP contribution is 2.34. The SMILES string of the molecule is CC(C)C[C@H](C[C@H](O)[C@@H](CC1CCCCC1)CC(C)NC(=O)C(C)(C)C)C(=O)NCCCC(=O)OCc1ccccc1. The van der Waals surface area contributed by atoms with E-state index < -0.39 is 11.5 Å². The Morgan fingerprint density at radius 1 is 0.976 bits per heavy atom. The van der Waals surface area contributed by atoms with E-state index >= 15 is 0 Å². The molecule has 0 aromatic heterocycles. The molecular weight excluding hydrogens is 528 g/mol. The minimum atomic E-state index is -0.622. The second-order valence-electron chi connectivity index (χ2n) is 14.0. The summed E-state index contributed by atoms with van der Waals surface area (Å²) in [7, 11) is 0. The monoisotopic (exact) mass is 586 g/mol. The van der Waals surface area contributed by atoms with Crippen LogP contribution >= 0.6 is 0 Å². The number of benzene rings is 1. The van der Waals surface area contributed by atoms with Crippen LogP contribution in [0.3, 0.4) is 0 Å². The van der Waals surface area contributed by atoms with E-state index in [1.807, 2.05) is 58.0 Å². The molecule has 1 aliphatic carbocycles. The predicted octanol–water partition coefficient (Wildman–Crippen LogP) is 6.57. The van der Waals surface area contributed by atoms with E-state index in [0.717, 1.165) is 12.0 Å². The lowest BCUT2D eigenvalue weighted by Crippen LogP contribution is -2.43. The van der Waals surface area contributed by atoms with Gasteiger partial charge >= 0.3 is 5.97 Å². The fraction of sp³-hybridized carbons (Fsp3) is 0.743. The van der Waals surface area contributed by atoms with Crippen LogP contribution in [0.4, 0.5) is 0 Å². The van der Waals surface area contributed by atoms with Crippen LogP contribution in [-0.4, -0.2) is 41.6 Å². The van der Waals surface area contributed by atoms with Crippen LogP contribution in [0.25, 0.3) is 0 Å². The fourth-order valence-electron chi connectivity index (χ4n) is 5.98. The number of nitrogens with one attached hydrogen (secondary N) is 2. The Morgan fingerprint density at radius 2 is 1.64 bits per heavy atom. The summed E-state index contributed by atoms with van der Waals surface area (Å²) in [6, 6.07) is 9.52. The van der Waals surface area contributed by atoms with Gasteiger partial charge in [-0.3, -0.25) is 14.4 Å². The highest BCUT2D eigenvalue weighted by Gasteiger charge is 2.32. The van der Waals surface area contributed by atoms with Gasteiger partial charge in [0.05, 0.1) is 6.10 Å². The third kappa shape index (κ3) is 14.2. The maximum absolute atomic E-state index is 13.3. The van der Waals surface area contributed by atoms with Gasteiger partial charge in [0.2, 0.25) is 11.8 Å². The van der Waals surface area contributed by atoms with E-state index in [1.165, 1.54) is 32.1 Å². The fourth-order valence-corrected chi connectivity index (χ4v) is 5.98. The highest BCUT2D eigenvalue weighted by atomic mass is 16.5. The van der Waals surface area contributed by atoms with E-state index in [1.54, 1.807) is 0 Å². The first-order valence-electron chi connectivity index (χ1n) is 16.3. The molecule has 1 aliphatic rings. The minimum Gasteiger partial charge on any atom is -0.461 e. The Kier molecular flexibility index (Phi) is 15.6. The standard InChI is InChI=1S/C35H58N2O5/c1-25(2)20-30(33(40)36-19-13-18-32(39)42-24-28-16-11-8-12-17-28)23-31(38)29(22-27-14-9-7-10-15-27)21-26(3)37-34(41)35(4,5)6/h8,11-12,16-17,25-27,29-31,38H,7,9-10,13-15,18-24H2,1-6H3,(H,36,40)(H,37,41)/t26?,29-,30-,31+/m1/s1. The number of hydrogen-bond acceptors (Lipinski definition) is 5. The van der Waals surface area contributed by atoms with Gasteiger partial charge < -0.3 is 20.5 Å². The Morgan fingerprint density at radius 3 is 2.26 bits per heavy atom. The summed E-state index contributed by atoms with van der Waals surface area (Å²) < 4.78 is 5.34. The van der Waals surface area contributed by atoms with Gasteiger partial charge in [0.1, 0.15) is 6.61 Å². The zero-order valence-electron chi connectivity index (χ0n) is 27.1. The molecule has 1 fully saturated rings. The number of esters is 1. The van der Waals surface area contributed by atoms with Gasteiger partial charge in [-0.15, -0.1) is 0 Å². The molecule has 7 heteroatoms. The average Bonchev–Trinajstić information content (AvgIpc) is 2.93. The summed E-state index contributed by atoms with van der Waals surface area (Å²) in [4.78, 5) is 38.0. The summed E-state index contributed by atoms with van der Waals surface area (Å²) >= 11 is 0. The molecule has 238 valence electrons. The maximum Gasteiger partial charge on any atom is 0.306 e. The smallest absolute Gasteiger partial charge is 0.306 e. The molecule has 0 heterocycles. The first-order valence-corrected chi connectivity index (χ1v) is 16.3. The Labute approximate surface area is 255 Å². The van der Waals surface area contributed by atoms with Crippen LogP contribution < -0.4 is 10.6 Å². The number of rotatable bonds is 17. The second kappa shape index (κ2) is 18.3. The topological polar surface area (TPSA) is 105 Å². The van der Waals surface area contributed by atoms with Crippen molar-refractivity contribution < 1.29 is 24.2 Å². The number of amides is 2. The molecule has 1 saturated carbocycles. The van der Waals surface area contributed by atoms with Gasteiger partial charge in [-0.2, -0.15) is 0 Å². The first-order chi connectivity index (χ1) is 19.8. The zero-order valence-corrected chi connectivity index (χ0v) is 27.1. The van der Waals surface area contributed by atoms with E-state index in [0.29, 0.717) is 44.1 Å². The number of carbonyl (C=O) groups excluding carboxylic acids is 3. The van der Waals surface area contributed by atoms with Crippen molar-refractivity contribution in [3.63, 3.8) is 0 Å². The lowest BCUT2D eigenvalue weighted by atomic mass is 9.76. The number of aliphatic hydroxyl groups is 1. The van der Waals surface area contributed by atoms with Crippen molar-refractivity contribution in [1.29, 1.82) is 0 Å². The van der Waals surface area contributed by atoms with E-state index in [9.17, 15) is 19.5 Å².